The number of hydrogen-bond donors (Lipinski definition) is 1. The van der Waals surface area contributed by atoms with E-state index >= 15 is 0 Å². The third-order valence-electron chi connectivity index (χ3n) is 4.25. The van der Waals surface area contributed by atoms with Crippen molar-refractivity contribution in [1.82, 2.24) is 4.90 Å². The second-order valence-corrected chi connectivity index (χ2v) is 5.30. The van der Waals surface area contributed by atoms with Crippen molar-refractivity contribution in [3.63, 3.8) is 0 Å². The summed E-state index contributed by atoms with van der Waals surface area (Å²) in [6, 6.07) is 10.4. The third-order valence-corrected chi connectivity index (χ3v) is 4.25. The molecule has 1 aromatic rings. The van der Waals surface area contributed by atoms with Gasteiger partial charge in [-0.05, 0) is 24.9 Å². The molecule has 16 heavy (non-hydrogen) atoms. The molecule has 0 radical (unpaired) electrons. The lowest BCUT2D eigenvalue weighted by Crippen LogP contribution is -2.47. The van der Waals surface area contributed by atoms with Gasteiger partial charge in [-0.3, -0.25) is 0 Å². The van der Waals surface area contributed by atoms with Crippen molar-refractivity contribution in [2.45, 2.75) is 24.9 Å². The van der Waals surface area contributed by atoms with E-state index in [0.29, 0.717) is 5.92 Å². The Balaban J connectivity index is 1.78. The minimum atomic E-state index is -0.450. The largest absolute Gasteiger partial charge is 0.389 e. The Morgan fingerprint density at radius 1 is 1.25 bits per heavy atom. The maximum absolute atomic E-state index is 10.8. The van der Waals surface area contributed by atoms with Gasteiger partial charge in [0.2, 0.25) is 0 Å². The van der Waals surface area contributed by atoms with Gasteiger partial charge in [-0.15, -0.1) is 0 Å². The van der Waals surface area contributed by atoms with Gasteiger partial charge in [-0.25, -0.2) is 0 Å². The van der Waals surface area contributed by atoms with Crippen LogP contribution in [-0.4, -0.2) is 35.2 Å². The Labute approximate surface area is 96.9 Å². The van der Waals surface area contributed by atoms with E-state index in [4.69, 9.17) is 0 Å². The molecule has 3 atom stereocenters. The highest BCUT2D eigenvalue weighted by Crippen LogP contribution is 2.37. The monoisotopic (exact) mass is 217 g/mol. The first kappa shape index (κ1) is 10.3. The Morgan fingerprint density at radius 2 is 2.06 bits per heavy atom. The van der Waals surface area contributed by atoms with Crippen LogP contribution in [0.5, 0.6) is 0 Å². The summed E-state index contributed by atoms with van der Waals surface area (Å²) < 4.78 is 0. The van der Waals surface area contributed by atoms with E-state index in [1.807, 2.05) is 6.07 Å². The van der Waals surface area contributed by atoms with Crippen LogP contribution < -0.4 is 0 Å². The van der Waals surface area contributed by atoms with Crippen molar-refractivity contribution in [3.05, 3.63) is 35.9 Å². The van der Waals surface area contributed by atoms with Gasteiger partial charge in [0.15, 0.2) is 0 Å². The van der Waals surface area contributed by atoms with E-state index in [0.717, 1.165) is 25.9 Å². The fourth-order valence-corrected chi connectivity index (χ4v) is 3.21. The van der Waals surface area contributed by atoms with Crippen LogP contribution in [0, 0.1) is 5.92 Å². The maximum Gasteiger partial charge on any atom is 0.0740 e. The molecular formula is C14H19NO. The molecule has 3 unspecified atom stereocenters. The van der Waals surface area contributed by atoms with Crippen molar-refractivity contribution in [2.24, 2.45) is 5.92 Å². The third kappa shape index (κ3) is 1.76. The van der Waals surface area contributed by atoms with Crippen LogP contribution in [0.2, 0.25) is 0 Å². The van der Waals surface area contributed by atoms with E-state index < -0.39 is 5.60 Å². The van der Waals surface area contributed by atoms with Gasteiger partial charge >= 0.3 is 0 Å². The standard InChI is InChI=1S/C14H19NO/c16-14(10-12-4-2-1-3-5-12)7-9-15-8-6-13(14)11-15/h1-5,13,16H,6-11H2. The summed E-state index contributed by atoms with van der Waals surface area (Å²) in [5.41, 5.74) is 0.819. The van der Waals surface area contributed by atoms with E-state index in [1.54, 1.807) is 0 Å². The van der Waals surface area contributed by atoms with Crippen LogP contribution >= 0.6 is 0 Å². The summed E-state index contributed by atoms with van der Waals surface area (Å²) >= 11 is 0. The molecule has 0 aliphatic carbocycles. The molecule has 0 saturated carbocycles. The summed E-state index contributed by atoms with van der Waals surface area (Å²) in [5, 5.41) is 10.8. The van der Waals surface area contributed by atoms with Gasteiger partial charge in [-0.2, -0.15) is 0 Å². The number of rotatable bonds is 2. The first-order valence-corrected chi connectivity index (χ1v) is 6.25. The van der Waals surface area contributed by atoms with E-state index in [1.165, 1.54) is 18.5 Å². The molecule has 0 spiro atoms. The molecule has 1 N–H and O–H groups in total. The average molecular weight is 217 g/mol. The predicted molar refractivity (Wildman–Crippen MR) is 64.3 cm³/mol. The Morgan fingerprint density at radius 3 is 2.88 bits per heavy atom. The highest BCUT2D eigenvalue weighted by atomic mass is 16.3. The second-order valence-electron chi connectivity index (χ2n) is 5.30. The fourth-order valence-electron chi connectivity index (χ4n) is 3.21. The van der Waals surface area contributed by atoms with Gasteiger partial charge in [0.1, 0.15) is 0 Å². The molecule has 2 heterocycles. The molecule has 2 aliphatic rings. The summed E-state index contributed by atoms with van der Waals surface area (Å²) in [4.78, 5) is 2.48. The van der Waals surface area contributed by atoms with Gasteiger partial charge in [-0.1, -0.05) is 30.3 Å². The Bertz CT molecular complexity index is 364. The van der Waals surface area contributed by atoms with Crippen LogP contribution in [0.15, 0.2) is 30.3 Å². The van der Waals surface area contributed by atoms with Gasteiger partial charge in [0.05, 0.1) is 5.60 Å². The normalized spacial score (nSPS) is 37.6. The lowest BCUT2D eigenvalue weighted by Gasteiger charge is -2.39. The molecular weight excluding hydrogens is 198 g/mol. The molecule has 2 fully saturated rings. The highest BCUT2D eigenvalue weighted by molar-refractivity contribution is 5.18. The zero-order valence-corrected chi connectivity index (χ0v) is 9.60. The average Bonchev–Trinajstić information content (AvgIpc) is 2.72. The van der Waals surface area contributed by atoms with E-state index in [-0.39, 0.29) is 0 Å². The fraction of sp³-hybridized carbons (Fsp3) is 0.571. The molecule has 2 aliphatic heterocycles. The van der Waals surface area contributed by atoms with Crippen molar-refractivity contribution >= 4 is 0 Å². The molecule has 2 heteroatoms. The van der Waals surface area contributed by atoms with Crippen molar-refractivity contribution in [1.29, 1.82) is 0 Å². The summed E-state index contributed by atoms with van der Waals surface area (Å²) in [7, 11) is 0. The van der Waals surface area contributed by atoms with Crippen LogP contribution in [0.3, 0.4) is 0 Å². The topological polar surface area (TPSA) is 23.5 Å². The summed E-state index contributed by atoms with van der Waals surface area (Å²) in [6.45, 7) is 3.35. The Hall–Kier alpha value is -0.860. The quantitative estimate of drug-likeness (QED) is 0.815. The minimum absolute atomic E-state index is 0.450. The summed E-state index contributed by atoms with van der Waals surface area (Å²) in [6.07, 6.45) is 2.93. The SMILES string of the molecule is OC1(Cc2ccccc2)CCN2CCC1C2. The number of hydrogen-bond acceptors (Lipinski definition) is 2. The van der Waals surface area contributed by atoms with Crippen LogP contribution in [0.1, 0.15) is 18.4 Å². The minimum Gasteiger partial charge on any atom is -0.389 e. The van der Waals surface area contributed by atoms with Crippen LogP contribution in [0.25, 0.3) is 0 Å². The summed E-state index contributed by atoms with van der Waals surface area (Å²) in [5.74, 6) is 0.487. The number of nitrogens with zero attached hydrogens (tertiary/aromatic N) is 1. The van der Waals surface area contributed by atoms with Crippen LogP contribution in [0.4, 0.5) is 0 Å². The molecule has 1 aromatic carbocycles. The van der Waals surface area contributed by atoms with Gasteiger partial charge < -0.3 is 10.0 Å². The zero-order valence-electron chi connectivity index (χ0n) is 9.60. The molecule has 2 saturated heterocycles. The van der Waals surface area contributed by atoms with E-state index in [2.05, 4.69) is 29.2 Å². The molecule has 3 rings (SSSR count). The number of aliphatic hydroxyl groups is 1. The smallest absolute Gasteiger partial charge is 0.0740 e. The number of fused-ring (bicyclic) bond motifs is 2. The van der Waals surface area contributed by atoms with Crippen molar-refractivity contribution < 1.29 is 5.11 Å². The van der Waals surface area contributed by atoms with Gasteiger partial charge in [0, 0.05) is 25.4 Å². The van der Waals surface area contributed by atoms with Gasteiger partial charge in [0.25, 0.3) is 0 Å². The Kier molecular flexibility index (Phi) is 2.49. The van der Waals surface area contributed by atoms with E-state index in [9.17, 15) is 5.11 Å². The van der Waals surface area contributed by atoms with Crippen LogP contribution in [-0.2, 0) is 6.42 Å². The van der Waals surface area contributed by atoms with Crippen molar-refractivity contribution in [2.75, 3.05) is 19.6 Å². The predicted octanol–water partition coefficient (Wildman–Crippen LogP) is 1.69. The highest BCUT2D eigenvalue weighted by Gasteiger charge is 2.44. The lowest BCUT2D eigenvalue weighted by atomic mass is 9.78. The zero-order chi connectivity index (χ0) is 11.0. The molecule has 0 aromatic heterocycles. The number of benzene rings is 1. The molecule has 0 amide bonds. The molecule has 2 nitrogen and oxygen atoms in total. The molecule has 2 bridgehead atoms. The van der Waals surface area contributed by atoms with Crippen molar-refractivity contribution in [3.8, 4) is 0 Å². The first-order valence-electron chi connectivity index (χ1n) is 6.25. The first-order chi connectivity index (χ1) is 7.76. The second kappa shape index (κ2) is 3.86. The number of piperidine rings is 1. The maximum atomic E-state index is 10.8. The molecule has 86 valence electrons. The lowest BCUT2D eigenvalue weighted by molar-refractivity contribution is -0.0438.